The normalized spacial score (nSPS) is 27.7. The summed E-state index contributed by atoms with van der Waals surface area (Å²) in [6.45, 7) is 2.19. The number of nitrogens with zero attached hydrogens (tertiary/aromatic N) is 1. The largest absolute Gasteiger partial charge is 0.386 e. The van der Waals surface area contributed by atoms with E-state index >= 15 is 0 Å². The highest BCUT2D eigenvalue weighted by Gasteiger charge is 2.32. The molecule has 122 valence electrons. The van der Waals surface area contributed by atoms with E-state index < -0.39 is 15.6 Å². The number of hydrogen-bond donors (Lipinski definition) is 2. The lowest BCUT2D eigenvalue weighted by molar-refractivity contribution is -0.122. The van der Waals surface area contributed by atoms with Gasteiger partial charge in [0, 0.05) is 39.1 Å². The van der Waals surface area contributed by atoms with Crippen LogP contribution in [-0.2, 0) is 24.3 Å². The molecule has 2 aliphatic rings. The van der Waals surface area contributed by atoms with E-state index in [1.54, 1.807) is 0 Å². The molecule has 0 aliphatic carbocycles. The molecule has 9 heteroatoms. The van der Waals surface area contributed by atoms with Gasteiger partial charge in [0.2, 0.25) is 15.9 Å². The van der Waals surface area contributed by atoms with Crippen LogP contribution in [-0.4, -0.2) is 81.2 Å². The van der Waals surface area contributed by atoms with E-state index in [4.69, 9.17) is 9.47 Å². The van der Waals surface area contributed by atoms with Crippen LogP contribution < -0.4 is 5.32 Å². The second-order valence-electron chi connectivity index (χ2n) is 5.38. The number of amides is 1. The summed E-state index contributed by atoms with van der Waals surface area (Å²) >= 11 is 0. The first kappa shape index (κ1) is 16.6. The van der Waals surface area contributed by atoms with E-state index in [-0.39, 0.29) is 31.2 Å². The highest BCUT2D eigenvalue weighted by Crippen LogP contribution is 2.16. The number of carbonyl (C=O) groups excluding carboxylic acids is 1. The Bertz CT molecular complexity index is 454. The third-order valence-corrected chi connectivity index (χ3v) is 5.52. The van der Waals surface area contributed by atoms with E-state index in [1.807, 2.05) is 0 Å². The molecule has 0 aromatic heterocycles. The van der Waals surface area contributed by atoms with Crippen LogP contribution in [0.2, 0.25) is 0 Å². The molecule has 0 spiro atoms. The van der Waals surface area contributed by atoms with Crippen molar-refractivity contribution >= 4 is 15.9 Å². The van der Waals surface area contributed by atoms with Gasteiger partial charge in [-0.15, -0.1) is 0 Å². The minimum atomic E-state index is -3.43. The summed E-state index contributed by atoms with van der Waals surface area (Å²) in [5, 5.41) is 12.6. The Labute approximate surface area is 124 Å². The summed E-state index contributed by atoms with van der Waals surface area (Å²) in [4.78, 5) is 11.7. The maximum Gasteiger partial charge on any atom is 0.221 e. The minimum Gasteiger partial charge on any atom is -0.386 e. The molecule has 21 heavy (non-hydrogen) atoms. The molecule has 2 N–H and O–H groups in total. The molecule has 0 aromatic carbocycles. The van der Waals surface area contributed by atoms with Crippen molar-refractivity contribution < 1.29 is 27.8 Å². The van der Waals surface area contributed by atoms with Crippen molar-refractivity contribution in [2.45, 2.75) is 18.4 Å². The first-order valence-electron chi connectivity index (χ1n) is 7.04. The Kier molecular flexibility index (Phi) is 5.55. The van der Waals surface area contributed by atoms with Crippen LogP contribution in [0.25, 0.3) is 0 Å². The molecule has 8 nitrogen and oxygen atoms in total. The molecule has 2 aliphatic heterocycles. The molecule has 0 radical (unpaired) electrons. The number of ether oxygens (including phenoxy) is 2. The van der Waals surface area contributed by atoms with Crippen LogP contribution >= 0.6 is 0 Å². The first-order chi connectivity index (χ1) is 9.91. The number of morpholine rings is 1. The van der Waals surface area contributed by atoms with Gasteiger partial charge in [0.15, 0.2) is 0 Å². The standard InChI is InChI=1S/C12H22N2O6S/c15-11(13-9-12(16)2-5-20-10-12)1-8-21(17,18)14-3-6-19-7-4-14/h16H,1-10H2,(H,13,15). The molecule has 2 rings (SSSR count). The lowest BCUT2D eigenvalue weighted by Crippen LogP contribution is -2.45. The number of aliphatic hydroxyl groups is 1. The molecule has 2 heterocycles. The van der Waals surface area contributed by atoms with E-state index in [9.17, 15) is 18.3 Å². The lowest BCUT2D eigenvalue weighted by Gasteiger charge is -2.26. The third-order valence-electron chi connectivity index (χ3n) is 3.65. The van der Waals surface area contributed by atoms with Gasteiger partial charge in [-0.1, -0.05) is 0 Å². The maximum absolute atomic E-state index is 12.0. The second-order valence-corrected chi connectivity index (χ2v) is 7.47. The molecular formula is C12H22N2O6S. The van der Waals surface area contributed by atoms with Crippen LogP contribution in [0, 0.1) is 0 Å². The smallest absolute Gasteiger partial charge is 0.221 e. The second kappa shape index (κ2) is 7.01. The molecule has 2 fully saturated rings. The van der Waals surface area contributed by atoms with Crippen LogP contribution in [0.5, 0.6) is 0 Å². The van der Waals surface area contributed by atoms with E-state index in [1.165, 1.54) is 4.31 Å². The first-order valence-corrected chi connectivity index (χ1v) is 8.65. The maximum atomic E-state index is 12.0. The monoisotopic (exact) mass is 322 g/mol. The molecule has 2 saturated heterocycles. The Morgan fingerprint density at radius 2 is 1.95 bits per heavy atom. The Morgan fingerprint density at radius 3 is 2.57 bits per heavy atom. The zero-order valence-electron chi connectivity index (χ0n) is 11.9. The third kappa shape index (κ3) is 4.89. The molecular weight excluding hydrogens is 300 g/mol. The summed E-state index contributed by atoms with van der Waals surface area (Å²) in [7, 11) is -3.43. The van der Waals surface area contributed by atoms with Crippen molar-refractivity contribution in [1.29, 1.82) is 0 Å². The summed E-state index contributed by atoms with van der Waals surface area (Å²) in [5.41, 5.74) is -1.03. The van der Waals surface area contributed by atoms with Crippen molar-refractivity contribution in [3.8, 4) is 0 Å². The van der Waals surface area contributed by atoms with Crippen molar-refractivity contribution in [2.24, 2.45) is 0 Å². The summed E-state index contributed by atoms with van der Waals surface area (Å²) in [6.07, 6.45) is 0.357. The molecule has 1 atom stereocenters. The quantitative estimate of drug-likeness (QED) is 0.604. The molecule has 0 bridgehead atoms. The SMILES string of the molecule is O=C(CCS(=O)(=O)N1CCOCC1)NCC1(O)CCOC1. The van der Waals surface area contributed by atoms with E-state index in [0.29, 0.717) is 39.3 Å². The van der Waals surface area contributed by atoms with Gasteiger partial charge >= 0.3 is 0 Å². The molecule has 0 aromatic rings. The van der Waals surface area contributed by atoms with Crippen molar-refractivity contribution in [3.05, 3.63) is 0 Å². The van der Waals surface area contributed by atoms with Gasteiger partial charge in [0.25, 0.3) is 0 Å². The highest BCUT2D eigenvalue weighted by atomic mass is 32.2. The van der Waals surface area contributed by atoms with Crippen molar-refractivity contribution in [2.75, 3.05) is 51.8 Å². The summed E-state index contributed by atoms with van der Waals surface area (Å²) in [6, 6.07) is 0. The predicted octanol–water partition coefficient (Wildman–Crippen LogP) is -1.69. The van der Waals surface area contributed by atoms with Crippen LogP contribution in [0.3, 0.4) is 0 Å². The Hall–Kier alpha value is -0.740. The van der Waals surface area contributed by atoms with Crippen LogP contribution in [0.1, 0.15) is 12.8 Å². The average Bonchev–Trinajstić information content (AvgIpc) is 2.91. The number of rotatable bonds is 6. The zero-order chi connectivity index (χ0) is 15.3. The highest BCUT2D eigenvalue weighted by molar-refractivity contribution is 7.89. The topological polar surface area (TPSA) is 105 Å². The van der Waals surface area contributed by atoms with Gasteiger partial charge in [-0.2, -0.15) is 4.31 Å². The van der Waals surface area contributed by atoms with Crippen LogP contribution in [0.4, 0.5) is 0 Å². The van der Waals surface area contributed by atoms with Gasteiger partial charge < -0.3 is 19.9 Å². The average molecular weight is 322 g/mol. The number of hydrogen-bond acceptors (Lipinski definition) is 6. The number of sulfonamides is 1. The number of carbonyl (C=O) groups is 1. The molecule has 1 unspecified atom stereocenters. The van der Waals surface area contributed by atoms with Crippen LogP contribution in [0.15, 0.2) is 0 Å². The molecule has 0 saturated carbocycles. The minimum absolute atomic E-state index is 0.0867. The predicted molar refractivity (Wildman–Crippen MR) is 74.2 cm³/mol. The van der Waals surface area contributed by atoms with Crippen molar-refractivity contribution in [3.63, 3.8) is 0 Å². The van der Waals surface area contributed by atoms with Crippen molar-refractivity contribution in [1.82, 2.24) is 9.62 Å². The number of nitrogens with one attached hydrogen (secondary N) is 1. The fraction of sp³-hybridized carbons (Fsp3) is 0.917. The Morgan fingerprint density at radius 1 is 1.24 bits per heavy atom. The molecule has 1 amide bonds. The zero-order valence-corrected chi connectivity index (χ0v) is 12.7. The fourth-order valence-corrected chi connectivity index (χ4v) is 3.67. The van der Waals surface area contributed by atoms with E-state index in [0.717, 1.165) is 0 Å². The van der Waals surface area contributed by atoms with E-state index in [2.05, 4.69) is 5.32 Å². The van der Waals surface area contributed by atoms with Gasteiger partial charge in [0.1, 0.15) is 5.60 Å². The summed E-state index contributed by atoms with van der Waals surface area (Å²) in [5.74, 6) is -0.611. The lowest BCUT2D eigenvalue weighted by atomic mass is 10.0. The summed E-state index contributed by atoms with van der Waals surface area (Å²) < 4.78 is 35.6. The van der Waals surface area contributed by atoms with Gasteiger partial charge in [-0.25, -0.2) is 8.42 Å². The Balaban J connectivity index is 1.72. The fourth-order valence-electron chi connectivity index (χ4n) is 2.26. The van der Waals surface area contributed by atoms with Gasteiger partial charge in [-0.3, -0.25) is 4.79 Å². The van der Waals surface area contributed by atoms with Gasteiger partial charge in [-0.05, 0) is 0 Å². The van der Waals surface area contributed by atoms with Gasteiger partial charge in [0.05, 0.1) is 25.6 Å².